The number of amides is 1. The van der Waals surface area contributed by atoms with Gasteiger partial charge in [0.25, 0.3) is 15.6 Å². The van der Waals surface area contributed by atoms with Crippen LogP contribution >= 0.6 is 0 Å². The highest BCUT2D eigenvalue weighted by molar-refractivity contribution is 7.92. The molecule has 0 aliphatic heterocycles. The molecule has 2 unspecified atom stereocenters. The molecule has 210 valence electrons. The number of carboxylic acid groups (broad SMARTS) is 1. The number of halogens is 3. The molecule has 1 amide bonds. The molecule has 2 atom stereocenters. The number of hydrogen-bond acceptors (Lipinski definition) is 7. The predicted octanol–water partition coefficient (Wildman–Crippen LogP) is 0.780. The van der Waals surface area contributed by atoms with Gasteiger partial charge in [0.05, 0.1) is 4.90 Å². The Kier molecular flexibility index (Phi) is 10.7. The Bertz CT molecular complexity index is 1360. The molecule has 13 nitrogen and oxygen atoms in total. The molecular weight excluding hydrogens is 537 g/mol. The van der Waals surface area contributed by atoms with E-state index in [1.165, 1.54) is 38.2 Å². The molecule has 0 aliphatic carbocycles. The summed E-state index contributed by atoms with van der Waals surface area (Å²) in [6.07, 6.45) is -6.04. The number of benzene rings is 1. The van der Waals surface area contributed by atoms with E-state index in [1.807, 2.05) is 0 Å². The van der Waals surface area contributed by atoms with Crippen molar-refractivity contribution >= 4 is 33.5 Å². The summed E-state index contributed by atoms with van der Waals surface area (Å²) in [5, 5.41) is 13.0. The highest BCUT2D eigenvalue weighted by atomic mass is 32.2. The predicted molar refractivity (Wildman–Crippen MR) is 131 cm³/mol. The lowest BCUT2D eigenvalue weighted by Gasteiger charge is -2.25. The van der Waals surface area contributed by atoms with Crippen molar-refractivity contribution in [2.24, 2.45) is 16.6 Å². The lowest BCUT2D eigenvalue weighted by molar-refractivity contribution is -0.192. The number of rotatable bonds is 8. The zero-order valence-electron chi connectivity index (χ0n) is 20.6. The lowest BCUT2D eigenvalue weighted by Crippen LogP contribution is -2.43. The summed E-state index contributed by atoms with van der Waals surface area (Å²) in [6, 6.07) is 7.92. The third kappa shape index (κ3) is 8.68. The van der Waals surface area contributed by atoms with Crippen LogP contribution in [-0.4, -0.2) is 55.3 Å². The number of carbonyl (C=O) groups excluding carboxylic acids is 1. The first-order chi connectivity index (χ1) is 17.4. The van der Waals surface area contributed by atoms with Crippen LogP contribution in [0.15, 0.2) is 51.2 Å². The fourth-order valence-corrected chi connectivity index (χ4v) is 4.11. The number of oxime groups is 1. The summed E-state index contributed by atoms with van der Waals surface area (Å²) in [5.41, 5.74) is 10.7. The van der Waals surface area contributed by atoms with E-state index in [4.69, 9.17) is 26.2 Å². The number of sulfonamides is 1. The molecule has 2 rings (SSSR count). The molecule has 1 aromatic heterocycles. The fraction of sp³-hybridized carbons (Fsp3) is 0.333. The van der Waals surface area contributed by atoms with Crippen LogP contribution in [0.3, 0.4) is 0 Å². The molecule has 0 aliphatic rings. The van der Waals surface area contributed by atoms with Crippen molar-refractivity contribution in [3.05, 3.63) is 58.0 Å². The first kappa shape index (κ1) is 31.7. The molecule has 38 heavy (non-hydrogen) atoms. The molecule has 7 N–H and O–H groups in total. The van der Waals surface area contributed by atoms with Gasteiger partial charge in [0, 0.05) is 12.7 Å². The number of aliphatic carboxylic acids is 1. The van der Waals surface area contributed by atoms with Gasteiger partial charge in [-0.25, -0.2) is 13.2 Å². The van der Waals surface area contributed by atoms with Gasteiger partial charge >= 0.3 is 12.1 Å². The Hall–Kier alpha value is -4.28. The zero-order valence-corrected chi connectivity index (χ0v) is 21.4. The summed E-state index contributed by atoms with van der Waals surface area (Å²) in [4.78, 5) is 39.8. The minimum absolute atomic E-state index is 0.00587. The Morgan fingerprint density at radius 1 is 1.16 bits per heavy atom. The number of aromatic nitrogens is 1. The molecule has 0 saturated carbocycles. The first-order valence-electron chi connectivity index (χ1n) is 10.5. The molecule has 1 heterocycles. The number of alkyl halides is 3. The van der Waals surface area contributed by atoms with Gasteiger partial charge in [-0.3, -0.25) is 18.9 Å². The maximum atomic E-state index is 13.2. The van der Waals surface area contributed by atoms with Crippen LogP contribution in [0, 0.1) is 13.8 Å². The van der Waals surface area contributed by atoms with Crippen LogP contribution in [0.25, 0.3) is 0 Å². The highest BCUT2D eigenvalue weighted by Crippen LogP contribution is 2.20. The van der Waals surface area contributed by atoms with Crippen LogP contribution in [0.1, 0.15) is 24.2 Å². The van der Waals surface area contributed by atoms with Crippen molar-refractivity contribution in [3.63, 3.8) is 0 Å². The van der Waals surface area contributed by atoms with Gasteiger partial charge in [-0.1, -0.05) is 12.1 Å². The summed E-state index contributed by atoms with van der Waals surface area (Å²) in [5.74, 6) is -3.67. The third-order valence-electron chi connectivity index (χ3n) is 4.67. The van der Waals surface area contributed by atoms with Gasteiger partial charge in [0.2, 0.25) is 11.9 Å². The van der Waals surface area contributed by atoms with E-state index in [9.17, 15) is 31.2 Å². The van der Waals surface area contributed by atoms with Crippen molar-refractivity contribution in [1.82, 2.24) is 9.88 Å². The van der Waals surface area contributed by atoms with Crippen molar-refractivity contribution in [3.8, 4) is 0 Å². The monoisotopic (exact) mass is 564 g/mol. The van der Waals surface area contributed by atoms with E-state index < -0.39 is 45.8 Å². The number of nitrogens with zero attached hydrogens (tertiary/aromatic N) is 2. The smallest absolute Gasteiger partial charge is 0.475 e. The number of guanidine groups is 1. The Balaban J connectivity index is 0.000000905. The summed E-state index contributed by atoms with van der Waals surface area (Å²) in [7, 11) is -2.64. The van der Waals surface area contributed by atoms with E-state index in [2.05, 4.69) is 15.2 Å². The number of carboxylic acids is 1. The lowest BCUT2D eigenvalue weighted by atomic mass is 10.1. The number of anilines is 1. The van der Waals surface area contributed by atoms with Gasteiger partial charge in [-0.15, -0.1) is 0 Å². The van der Waals surface area contributed by atoms with E-state index in [0.29, 0.717) is 5.69 Å². The second-order valence-electron chi connectivity index (χ2n) is 7.67. The molecule has 0 saturated heterocycles. The minimum Gasteiger partial charge on any atom is -0.475 e. The van der Waals surface area contributed by atoms with Crippen LogP contribution < -0.4 is 27.1 Å². The number of hydrogen-bond donors (Lipinski definition) is 5. The molecule has 2 aromatic rings. The average Bonchev–Trinajstić information content (AvgIpc) is 2.81. The van der Waals surface area contributed by atoms with Gasteiger partial charge < -0.3 is 26.7 Å². The van der Waals surface area contributed by atoms with Crippen LogP contribution in [-0.2, 0) is 24.4 Å². The van der Waals surface area contributed by atoms with E-state index in [1.54, 1.807) is 26.0 Å². The molecule has 17 heteroatoms. The Morgan fingerprint density at radius 2 is 1.74 bits per heavy atom. The molecule has 0 spiro atoms. The highest BCUT2D eigenvalue weighted by Gasteiger charge is 2.38. The summed E-state index contributed by atoms with van der Waals surface area (Å²) in [6.45, 7) is 4.86. The zero-order chi connectivity index (χ0) is 29.4. The number of likely N-dealkylation sites (N-methyl/N-ethyl adjacent to an activating group) is 1. The van der Waals surface area contributed by atoms with Crippen LogP contribution in [0.4, 0.5) is 18.9 Å². The SMILES string of the molecule is CNC(=O)C(C(C)ON=C(N)N)n1c(C)ccc(NS(=O)(=O)c2cccc(C)c2)c1=O.O=C(O)C(F)(F)F. The largest absolute Gasteiger partial charge is 0.490 e. The van der Waals surface area contributed by atoms with Gasteiger partial charge in [-0.05, 0) is 55.8 Å². The number of aryl methyl sites for hydroxylation is 2. The van der Waals surface area contributed by atoms with E-state index in [0.717, 1.165) is 10.1 Å². The number of pyridine rings is 1. The Morgan fingerprint density at radius 3 is 2.21 bits per heavy atom. The van der Waals surface area contributed by atoms with Crippen molar-refractivity contribution in [2.45, 2.75) is 44.0 Å². The topological polar surface area (TPSA) is 208 Å². The van der Waals surface area contributed by atoms with Gasteiger partial charge in [0.15, 0.2) is 12.1 Å². The third-order valence-corrected chi connectivity index (χ3v) is 6.03. The second-order valence-corrected chi connectivity index (χ2v) is 9.36. The standard InChI is InChI=1S/C19H26N6O5S.C2HF3O2/c1-11-6-5-7-14(10-11)31(28,29)24-15-9-8-12(2)25(18(15)27)16(17(26)22-4)13(3)30-23-19(20)21;3-2(4,5)1(6)7/h5-10,13,16,24H,1-4H3,(H,22,26)(H4,20,21,23);(H,6,7). The summed E-state index contributed by atoms with van der Waals surface area (Å²) >= 11 is 0. The molecule has 1 aromatic carbocycles. The maximum Gasteiger partial charge on any atom is 0.490 e. The molecular formula is C21H27F3N6O7S. The molecule has 0 fully saturated rings. The van der Waals surface area contributed by atoms with Crippen LogP contribution in [0.5, 0.6) is 0 Å². The van der Waals surface area contributed by atoms with Crippen molar-refractivity contribution in [2.75, 3.05) is 11.8 Å². The number of carbonyl (C=O) groups is 2. The van der Waals surface area contributed by atoms with Crippen LogP contribution in [0.2, 0.25) is 0 Å². The average molecular weight is 565 g/mol. The first-order valence-corrected chi connectivity index (χ1v) is 12.0. The normalized spacial score (nSPS) is 12.7. The number of nitrogens with two attached hydrogens (primary N) is 2. The Labute approximate surface area is 215 Å². The second kappa shape index (κ2) is 12.8. The minimum atomic E-state index is -5.08. The number of nitrogens with one attached hydrogen (secondary N) is 2. The molecule has 0 radical (unpaired) electrons. The van der Waals surface area contributed by atoms with Gasteiger partial charge in [-0.2, -0.15) is 13.2 Å². The summed E-state index contributed by atoms with van der Waals surface area (Å²) < 4.78 is 60.7. The maximum absolute atomic E-state index is 13.2. The molecule has 0 bridgehead atoms. The van der Waals surface area contributed by atoms with E-state index in [-0.39, 0.29) is 16.5 Å². The fourth-order valence-electron chi connectivity index (χ4n) is 2.94. The van der Waals surface area contributed by atoms with E-state index >= 15 is 0 Å². The van der Waals surface area contributed by atoms with Crippen molar-refractivity contribution in [1.29, 1.82) is 0 Å². The quantitative estimate of drug-likeness (QED) is 0.174. The van der Waals surface area contributed by atoms with Crippen molar-refractivity contribution < 1.29 is 41.1 Å². The van der Waals surface area contributed by atoms with Gasteiger partial charge in [0.1, 0.15) is 5.69 Å².